The molecule has 0 spiro atoms. The number of hydrogen-bond donors (Lipinski definition) is 0. The van der Waals surface area contributed by atoms with Crippen molar-refractivity contribution in [2.24, 2.45) is 0 Å². The minimum Gasteiger partial charge on any atom is -0.789 e. The van der Waals surface area contributed by atoms with Gasteiger partial charge >= 0.3 is 29.7 Å². The second kappa shape index (κ2) is 19.6. The van der Waals surface area contributed by atoms with Gasteiger partial charge in [0.15, 0.2) is 0 Å². The molecule has 2 aliphatic carbocycles. The van der Waals surface area contributed by atoms with Crippen LogP contribution in [0.2, 0.25) is 0 Å². The molecule has 5 rings (SSSR count). The van der Waals surface area contributed by atoms with Crippen molar-refractivity contribution >= 4 is 54.0 Å². The molecular formula is C32H43ClNP2STc+2. The van der Waals surface area contributed by atoms with Crippen LogP contribution in [0.5, 0.6) is 0 Å². The van der Waals surface area contributed by atoms with E-state index in [1.54, 1.807) is 25.7 Å². The number of nitrogens with zero attached hydrogens (tertiary/aromatic N) is 1. The topological polar surface area (TPSA) is 23.8 Å². The number of benzene rings is 3. The molecular weight excluding hydrogens is 626 g/mol. The third-order valence-electron chi connectivity index (χ3n) is 7.84. The molecule has 0 unspecified atom stereocenters. The summed E-state index contributed by atoms with van der Waals surface area (Å²) in [7, 11) is 3.69. The molecule has 0 amide bonds. The van der Waals surface area contributed by atoms with E-state index in [9.17, 15) is 0 Å². The second-order valence-electron chi connectivity index (χ2n) is 10.2. The Labute approximate surface area is 251 Å². The van der Waals surface area contributed by atoms with Gasteiger partial charge < -0.3 is 12.6 Å². The van der Waals surface area contributed by atoms with Crippen LogP contribution in [0.3, 0.4) is 0 Å². The first-order valence-corrected chi connectivity index (χ1v) is 21.3. The normalized spacial score (nSPS) is 16.2. The third-order valence-corrected chi connectivity index (χ3v) is 15.2. The van der Waals surface area contributed by atoms with Gasteiger partial charge in [-0.3, -0.25) is 0 Å². The molecule has 0 N–H and O–H groups in total. The number of halogens is 1. The zero-order valence-electron chi connectivity index (χ0n) is 22.4. The SMILES string of the molecule is [N]#[Tc+][Cl].[S-]CC[PH+](C1CCCCC1)C1CCCCC1.c1ccc([PH+](c2ccccc2)c2ccccc2)cc1. The summed E-state index contributed by atoms with van der Waals surface area (Å²) >= 11 is 4.35. The van der Waals surface area contributed by atoms with Crippen molar-refractivity contribution in [3.8, 4) is 0 Å². The molecule has 1 nitrogen and oxygen atoms in total. The average molecular weight is 669 g/mol. The summed E-state index contributed by atoms with van der Waals surface area (Å²) < 4.78 is 7.44. The first-order valence-electron chi connectivity index (χ1n) is 14.1. The fourth-order valence-corrected chi connectivity index (χ4v) is 13.4. The maximum Gasteiger partial charge on any atom is 0.102 e. The Kier molecular flexibility index (Phi) is 16.5. The molecule has 2 fully saturated rings. The van der Waals surface area contributed by atoms with Gasteiger partial charge in [-0.2, -0.15) is 0 Å². The maximum absolute atomic E-state index is 7.44. The Bertz CT molecular complexity index is 927. The van der Waals surface area contributed by atoms with Gasteiger partial charge in [0.05, 0.1) is 19.2 Å². The predicted octanol–water partition coefficient (Wildman–Crippen LogP) is 8.29. The van der Waals surface area contributed by atoms with Crippen molar-refractivity contribution in [2.75, 3.05) is 11.9 Å². The number of rotatable bonds is 7. The molecule has 3 aromatic rings. The van der Waals surface area contributed by atoms with Crippen molar-refractivity contribution in [3.63, 3.8) is 0 Å². The van der Waals surface area contributed by atoms with E-state index in [2.05, 4.69) is 101 Å². The largest absolute Gasteiger partial charge is 0.789 e. The summed E-state index contributed by atoms with van der Waals surface area (Å²) in [5, 5.41) is 4.31. The van der Waals surface area contributed by atoms with Crippen LogP contribution < -0.4 is 15.9 Å². The molecule has 0 heterocycles. The smallest absolute Gasteiger partial charge is 0.102 e. The monoisotopic (exact) mass is 667 g/mol. The van der Waals surface area contributed by atoms with Crippen molar-refractivity contribution < 1.29 is 16.3 Å². The van der Waals surface area contributed by atoms with Crippen molar-refractivity contribution in [1.29, 1.82) is 3.84 Å². The van der Waals surface area contributed by atoms with E-state index in [1.807, 2.05) is 0 Å². The molecule has 0 aliphatic heterocycles. The van der Waals surface area contributed by atoms with Gasteiger partial charge in [0.1, 0.15) is 15.9 Å². The van der Waals surface area contributed by atoms with E-state index >= 15 is 0 Å². The van der Waals surface area contributed by atoms with Crippen LogP contribution in [0.4, 0.5) is 0 Å². The average Bonchev–Trinajstić information content (AvgIpc) is 2.99. The molecule has 0 bridgehead atoms. The van der Waals surface area contributed by atoms with Crippen LogP contribution in [-0.4, -0.2) is 23.2 Å². The van der Waals surface area contributed by atoms with Gasteiger partial charge in [0.2, 0.25) is 0 Å². The maximum atomic E-state index is 7.44. The Morgan fingerprint density at radius 1 is 0.632 bits per heavy atom. The molecule has 0 radical (unpaired) electrons. The van der Waals surface area contributed by atoms with Gasteiger partial charge in [-0.05, 0) is 87.8 Å². The molecule has 38 heavy (non-hydrogen) atoms. The summed E-state index contributed by atoms with van der Waals surface area (Å²) in [5.41, 5.74) is 2.29. The zero-order chi connectivity index (χ0) is 26.8. The van der Waals surface area contributed by atoms with Gasteiger partial charge in [0.25, 0.3) is 0 Å². The van der Waals surface area contributed by atoms with Crippen LogP contribution >= 0.6 is 25.4 Å². The molecule has 204 valence electrons. The Morgan fingerprint density at radius 3 is 1.24 bits per heavy atom. The fraction of sp³-hybridized carbons (Fsp3) is 0.438. The van der Waals surface area contributed by atoms with Crippen LogP contribution in [0.1, 0.15) is 64.2 Å². The van der Waals surface area contributed by atoms with Crippen molar-refractivity contribution in [3.05, 3.63) is 91.0 Å². The van der Waals surface area contributed by atoms with E-state index in [0.717, 1.165) is 17.1 Å². The minimum absolute atomic E-state index is 0.101. The summed E-state index contributed by atoms with van der Waals surface area (Å²) in [4.78, 5) is 0. The van der Waals surface area contributed by atoms with Gasteiger partial charge in [-0.25, -0.2) is 0 Å². The molecule has 0 saturated heterocycles. The minimum atomic E-state index is -0.938. The first kappa shape index (κ1) is 32.0. The molecule has 3 aromatic carbocycles. The Balaban J connectivity index is 0.000000194. The van der Waals surface area contributed by atoms with Gasteiger partial charge in [-0.1, -0.05) is 67.4 Å². The van der Waals surface area contributed by atoms with E-state index in [0.29, 0.717) is 0 Å². The van der Waals surface area contributed by atoms with E-state index in [4.69, 9.17) is 16.5 Å². The molecule has 0 atom stereocenters. The van der Waals surface area contributed by atoms with Crippen LogP contribution in [0.15, 0.2) is 91.0 Å². The quantitative estimate of drug-likeness (QED) is 0.187. The first-order chi connectivity index (χ1) is 18.8. The standard InChI is InChI=1S/C18H15P.C14H27PS.ClH.N.Tc/c1-4-10-16(11-5-1)19(17-12-6-2-7-13-17)18-14-8-3-9-15-18;16-12-11-15(13-7-3-1-4-8-13)14-9-5-2-6-10-14;;;/h1-15H;13-14,16H,1-12H2;1H;;/q;;;;+2. The van der Waals surface area contributed by atoms with Crippen LogP contribution in [-0.2, 0) is 28.9 Å². The van der Waals surface area contributed by atoms with Gasteiger partial charge in [0, 0.05) is 14.1 Å². The summed E-state index contributed by atoms with van der Waals surface area (Å²) in [6.45, 7) is 0. The number of hydrogen-bond acceptors (Lipinski definition) is 2. The van der Waals surface area contributed by atoms with Crippen LogP contribution in [0, 0.1) is 3.84 Å². The Hall–Kier alpha value is -0.481. The van der Waals surface area contributed by atoms with Crippen molar-refractivity contribution in [1.82, 2.24) is 0 Å². The van der Waals surface area contributed by atoms with E-state index in [-0.39, 0.29) is 7.92 Å². The Morgan fingerprint density at radius 2 is 0.947 bits per heavy atom. The second-order valence-corrected chi connectivity index (χ2v) is 17.5. The zero-order valence-corrected chi connectivity index (χ0v) is 27.8. The fourth-order valence-electron chi connectivity index (χ4n) is 6.12. The summed E-state index contributed by atoms with van der Waals surface area (Å²) in [5.74, 6) is 1.04. The molecule has 2 aliphatic rings. The van der Waals surface area contributed by atoms with Gasteiger partial charge in [-0.15, -0.1) is 5.75 Å². The van der Waals surface area contributed by atoms with E-state index < -0.39 is 24.2 Å². The molecule has 2 saturated carbocycles. The predicted molar refractivity (Wildman–Crippen MR) is 173 cm³/mol. The summed E-state index contributed by atoms with van der Waals surface area (Å²) in [6, 6.07) is 32.5. The van der Waals surface area contributed by atoms with E-state index in [1.165, 1.54) is 60.6 Å². The molecule has 0 aromatic heterocycles. The molecule has 6 heteroatoms. The van der Waals surface area contributed by atoms with Crippen molar-refractivity contribution in [2.45, 2.75) is 75.5 Å². The summed E-state index contributed by atoms with van der Waals surface area (Å²) in [6.07, 6.45) is 16.7. The third kappa shape index (κ3) is 10.8. The van der Waals surface area contributed by atoms with Crippen LogP contribution in [0.25, 0.3) is 0 Å².